The SMILES string of the molecule is CC(C)N1CCC(N2CCN(C3CCN(c4ccccc4)CC3)C[C@H]2CCO)CC1. The van der Waals surface area contributed by atoms with E-state index in [1.54, 1.807) is 0 Å². The van der Waals surface area contributed by atoms with Crippen molar-refractivity contribution in [3.8, 4) is 0 Å². The molecule has 0 saturated carbocycles. The van der Waals surface area contributed by atoms with Crippen molar-refractivity contribution in [2.24, 2.45) is 0 Å². The van der Waals surface area contributed by atoms with Crippen molar-refractivity contribution in [3.63, 3.8) is 0 Å². The molecule has 1 N–H and O–H groups in total. The zero-order valence-electron chi connectivity index (χ0n) is 19.1. The summed E-state index contributed by atoms with van der Waals surface area (Å²) in [5.74, 6) is 0. The number of hydrogen-bond acceptors (Lipinski definition) is 5. The molecule has 0 aromatic heterocycles. The Kier molecular flexibility index (Phi) is 7.69. The number of nitrogens with zero attached hydrogens (tertiary/aromatic N) is 4. The Bertz CT molecular complexity index is 623. The number of hydrogen-bond donors (Lipinski definition) is 1. The van der Waals surface area contributed by atoms with Crippen LogP contribution in [0.1, 0.15) is 46.0 Å². The maximum absolute atomic E-state index is 9.75. The van der Waals surface area contributed by atoms with E-state index in [0.717, 1.165) is 26.1 Å². The predicted octanol–water partition coefficient (Wildman–Crippen LogP) is 2.90. The van der Waals surface area contributed by atoms with Gasteiger partial charge < -0.3 is 14.9 Å². The summed E-state index contributed by atoms with van der Waals surface area (Å²) in [5.41, 5.74) is 1.37. The van der Waals surface area contributed by atoms with Crippen molar-refractivity contribution in [1.29, 1.82) is 0 Å². The van der Waals surface area contributed by atoms with E-state index in [1.807, 2.05) is 0 Å². The van der Waals surface area contributed by atoms with E-state index in [-0.39, 0.29) is 0 Å². The average Bonchev–Trinajstić information content (AvgIpc) is 2.80. The number of anilines is 1. The highest BCUT2D eigenvalue weighted by molar-refractivity contribution is 5.46. The van der Waals surface area contributed by atoms with E-state index in [4.69, 9.17) is 0 Å². The van der Waals surface area contributed by atoms with Crippen molar-refractivity contribution in [2.75, 3.05) is 57.3 Å². The number of para-hydroxylation sites is 1. The second-order valence-electron chi connectivity index (χ2n) is 9.81. The van der Waals surface area contributed by atoms with Gasteiger partial charge in [-0.3, -0.25) is 9.80 Å². The van der Waals surface area contributed by atoms with Crippen molar-refractivity contribution in [1.82, 2.24) is 14.7 Å². The van der Waals surface area contributed by atoms with E-state index in [1.165, 1.54) is 57.5 Å². The van der Waals surface area contributed by atoms with Gasteiger partial charge in [-0.25, -0.2) is 0 Å². The number of aliphatic hydroxyl groups excluding tert-OH is 1. The molecule has 0 radical (unpaired) electrons. The van der Waals surface area contributed by atoms with Gasteiger partial charge in [0.25, 0.3) is 0 Å². The van der Waals surface area contributed by atoms with Crippen LogP contribution in [0.15, 0.2) is 30.3 Å². The lowest BCUT2D eigenvalue weighted by molar-refractivity contribution is -0.0139. The van der Waals surface area contributed by atoms with E-state index >= 15 is 0 Å². The first-order valence-electron chi connectivity index (χ1n) is 12.3. The molecule has 0 amide bonds. The molecule has 0 spiro atoms. The van der Waals surface area contributed by atoms with Gasteiger partial charge in [-0.15, -0.1) is 0 Å². The molecular weight excluding hydrogens is 372 g/mol. The number of rotatable bonds is 6. The molecule has 0 bridgehead atoms. The smallest absolute Gasteiger partial charge is 0.0446 e. The largest absolute Gasteiger partial charge is 0.396 e. The van der Waals surface area contributed by atoms with Gasteiger partial charge in [0.1, 0.15) is 0 Å². The summed E-state index contributed by atoms with van der Waals surface area (Å²) in [6, 6.07) is 13.5. The number of piperidine rings is 2. The van der Waals surface area contributed by atoms with Gasteiger partial charge in [-0.1, -0.05) is 18.2 Å². The number of likely N-dealkylation sites (tertiary alicyclic amines) is 1. The lowest BCUT2D eigenvalue weighted by Crippen LogP contribution is -2.61. The Hall–Kier alpha value is -1.14. The summed E-state index contributed by atoms with van der Waals surface area (Å²) >= 11 is 0. The van der Waals surface area contributed by atoms with Crippen LogP contribution < -0.4 is 4.90 Å². The van der Waals surface area contributed by atoms with Crippen LogP contribution >= 0.6 is 0 Å². The molecule has 4 rings (SSSR count). The van der Waals surface area contributed by atoms with Crippen LogP contribution in [0.4, 0.5) is 5.69 Å². The third kappa shape index (κ3) is 5.18. The number of benzene rings is 1. The molecule has 3 aliphatic heterocycles. The highest BCUT2D eigenvalue weighted by Gasteiger charge is 2.36. The first-order chi connectivity index (χ1) is 14.7. The van der Waals surface area contributed by atoms with Crippen LogP contribution in [0.3, 0.4) is 0 Å². The van der Waals surface area contributed by atoms with Crippen LogP contribution in [-0.2, 0) is 0 Å². The van der Waals surface area contributed by atoms with Gasteiger partial charge >= 0.3 is 0 Å². The lowest BCUT2D eigenvalue weighted by atomic mass is 9.95. The van der Waals surface area contributed by atoms with E-state index < -0.39 is 0 Å². The standard InChI is InChI=1S/C25H42N4O/c1-21(2)26-13-10-24(11-14-26)29-18-17-28(20-25(29)12-19-30)23-8-15-27(16-9-23)22-6-4-3-5-7-22/h3-7,21,23-25,30H,8-20H2,1-2H3/t25-/m1/s1. The van der Waals surface area contributed by atoms with Gasteiger partial charge in [-0.05, 0) is 71.2 Å². The fourth-order valence-corrected chi connectivity index (χ4v) is 5.97. The van der Waals surface area contributed by atoms with Crippen molar-refractivity contribution in [3.05, 3.63) is 30.3 Å². The van der Waals surface area contributed by atoms with Crippen molar-refractivity contribution >= 4 is 5.69 Å². The third-order valence-corrected chi connectivity index (χ3v) is 7.82. The highest BCUT2D eigenvalue weighted by atomic mass is 16.3. The number of aliphatic hydroxyl groups is 1. The molecule has 3 saturated heterocycles. The van der Waals surface area contributed by atoms with Gasteiger partial charge in [0.15, 0.2) is 0 Å². The molecule has 3 heterocycles. The van der Waals surface area contributed by atoms with Gasteiger partial charge in [0.2, 0.25) is 0 Å². The Morgan fingerprint density at radius 2 is 1.53 bits per heavy atom. The summed E-state index contributed by atoms with van der Waals surface area (Å²) in [4.78, 5) is 10.7. The first-order valence-corrected chi connectivity index (χ1v) is 12.3. The quantitative estimate of drug-likeness (QED) is 0.774. The monoisotopic (exact) mass is 414 g/mol. The summed E-state index contributed by atoms with van der Waals surface area (Å²) in [6.45, 7) is 13.2. The van der Waals surface area contributed by atoms with E-state index in [9.17, 15) is 5.11 Å². The Balaban J connectivity index is 1.30. The maximum Gasteiger partial charge on any atom is 0.0446 e. The van der Waals surface area contributed by atoms with Crippen molar-refractivity contribution in [2.45, 2.75) is 70.1 Å². The van der Waals surface area contributed by atoms with Crippen LogP contribution in [0.25, 0.3) is 0 Å². The second kappa shape index (κ2) is 10.4. The van der Waals surface area contributed by atoms with Crippen LogP contribution in [0, 0.1) is 0 Å². The second-order valence-corrected chi connectivity index (χ2v) is 9.81. The summed E-state index contributed by atoms with van der Waals surface area (Å²) in [7, 11) is 0. The molecule has 5 heteroatoms. The minimum absolute atomic E-state index is 0.312. The molecular formula is C25H42N4O. The Labute approximate surface area is 183 Å². The fourth-order valence-electron chi connectivity index (χ4n) is 5.97. The third-order valence-electron chi connectivity index (χ3n) is 7.82. The van der Waals surface area contributed by atoms with Crippen LogP contribution in [0.2, 0.25) is 0 Å². The fraction of sp³-hybridized carbons (Fsp3) is 0.760. The normalized spacial score (nSPS) is 26.5. The van der Waals surface area contributed by atoms with Gasteiger partial charge in [0, 0.05) is 69.2 Å². The summed E-state index contributed by atoms with van der Waals surface area (Å²) in [6.07, 6.45) is 6.01. The summed E-state index contributed by atoms with van der Waals surface area (Å²) < 4.78 is 0. The molecule has 0 aliphatic carbocycles. The molecule has 30 heavy (non-hydrogen) atoms. The average molecular weight is 415 g/mol. The predicted molar refractivity (Wildman–Crippen MR) is 125 cm³/mol. The van der Waals surface area contributed by atoms with Crippen LogP contribution in [0.5, 0.6) is 0 Å². The minimum Gasteiger partial charge on any atom is -0.396 e. The topological polar surface area (TPSA) is 33.2 Å². The van der Waals surface area contributed by atoms with Gasteiger partial charge in [-0.2, -0.15) is 0 Å². The number of piperazine rings is 1. The maximum atomic E-state index is 9.75. The molecule has 168 valence electrons. The molecule has 3 aliphatic rings. The molecule has 1 atom stereocenters. The van der Waals surface area contributed by atoms with E-state index in [2.05, 4.69) is 63.8 Å². The van der Waals surface area contributed by atoms with Gasteiger partial charge in [0.05, 0.1) is 0 Å². The Morgan fingerprint density at radius 3 is 2.17 bits per heavy atom. The minimum atomic E-state index is 0.312. The first kappa shape index (κ1) is 22.1. The lowest BCUT2D eigenvalue weighted by Gasteiger charge is -2.50. The van der Waals surface area contributed by atoms with Crippen LogP contribution in [-0.4, -0.2) is 96.4 Å². The Morgan fingerprint density at radius 1 is 0.867 bits per heavy atom. The van der Waals surface area contributed by atoms with Crippen molar-refractivity contribution < 1.29 is 5.11 Å². The molecule has 5 nitrogen and oxygen atoms in total. The summed E-state index contributed by atoms with van der Waals surface area (Å²) in [5, 5.41) is 9.75. The molecule has 3 fully saturated rings. The zero-order chi connectivity index (χ0) is 20.9. The zero-order valence-corrected chi connectivity index (χ0v) is 19.1. The molecule has 1 aromatic rings. The highest BCUT2D eigenvalue weighted by Crippen LogP contribution is 2.28. The van der Waals surface area contributed by atoms with E-state index in [0.29, 0.717) is 30.8 Å². The molecule has 0 unspecified atom stereocenters. The molecule has 1 aromatic carbocycles.